The third-order valence-corrected chi connectivity index (χ3v) is 5.03. The summed E-state index contributed by atoms with van der Waals surface area (Å²) in [6.45, 7) is 10.1. The number of benzene rings is 2. The Morgan fingerprint density at radius 2 is 1.50 bits per heavy atom. The maximum Gasteiger partial charge on any atom is 0.0917 e. The molecule has 26 heavy (non-hydrogen) atoms. The lowest BCUT2D eigenvalue weighted by molar-refractivity contribution is 0.106. The van der Waals surface area contributed by atoms with E-state index in [1.165, 1.54) is 5.56 Å². The van der Waals surface area contributed by atoms with E-state index in [2.05, 4.69) is 47.9 Å². The van der Waals surface area contributed by atoms with Crippen LogP contribution in [0.3, 0.4) is 0 Å². The topological polar surface area (TPSA) is 26.7 Å². The smallest absolute Gasteiger partial charge is 0.0917 e. The van der Waals surface area contributed by atoms with Gasteiger partial charge in [-0.05, 0) is 55.9 Å². The Hall–Kier alpha value is -1.39. The predicted octanol–water partition coefficient (Wildman–Crippen LogP) is 4.61. The van der Waals surface area contributed by atoms with Gasteiger partial charge in [0.15, 0.2) is 0 Å². The van der Waals surface area contributed by atoms with Crippen LogP contribution >= 0.6 is 11.6 Å². The maximum absolute atomic E-state index is 10.7. The van der Waals surface area contributed by atoms with Crippen molar-refractivity contribution in [1.82, 2.24) is 9.80 Å². The molecule has 0 spiro atoms. The largest absolute Gasteiger partial charge is 0.387 e. The molecule has 1 unspecified atom stereocenters. The van der Waals surface area contributed by atoms with Gasteiger partial charge in [-0.3, -0.25) is 4.90 Å². The van der Waals surface area contributed by atoms with E-state index in [1.54, 1.807) is 0 Å². The average molecular weight is 375 g/mol. The number of hydrogen-bond acceptors (Lipinski definition) is 3. The van der Waals surface area contributed by atoms with Gasteiger partial charge in [0.05, 0.1) is 6.10 Å². The van der Waals surface area contributed by atoms with E-state index in [4.69, 9.17) is 11.6 Å². The summed E-state index contributed by atoms with van der Waals surface area (Å²) in [6, 6.07) is 17.9. The van der Waals surface area contributed by atoms with Crippen LogP contribution in [0.15, 0.2) is 54.6 Å². The van der Waals surface area contributed by atoms with Gasteiger partial charge in [0.1, 0.15) is 0 Å². The Morgan fingerprint density at radius 3 is 2.12 bits per heavy atom. The van der Waals surface area contributed by atoms with Gasteiger partial charge in [-0.25, -0.2) is 0 Å². The van der Waals surface area contributed by atoms with Gasteiger partial charge >= 0.3 is 0 Å². The van der Waals surface area contributed by atoms with Gasteiger partial charge in [0.25, 0.3) is 0 Å². The van der Waals surface area contributed by atoms with Crippen LogP contribution in [0.5, 0.6) is 0 Å². The third-order valence-electron chi connectivity index (χ3n) is 4.78. The predicted molar refractivity (Wildman–Crippen MR) is 111 cm³/mol. The molecule has 0 saturated carbocycles. The highest BCUT2D eigenvalue weighted by Crippen LogP contribution is 2.18. The fourth-order valence-electron chi connectivity index (χ4n) is 3.17. The van der Waals surface area contributed by atoms with Gasteiger partial charge in [-0.2, -0.15) is 0 Å². The maximum atomic E-state index is 10.7. The minimum Gasteiger partial charge on any atom is -0.387 e. The quantitative estimate of drug-likeness (QED) is 0.622. The van der Waals surface area contributed by atoms with Crippen molar-refractivity contribution in [3.05, 3.63) is 70.7 Å². The van der Waals surface area contributed by atoms with E-state index >= 15 is 0 Å². The summed E-state index contributed by atoms with van der Waals surface area (Å²) in [6.07, 6.45) is 0.589. The zero-order valence-corrected chi connectivity index (χ0v) is 16.7. The summed E-state index contributed by atoms with van der Waals surface area (Å²) in [4.78, 5) is 4.79. The lowest BCUT2D eigenvalue weighted by atomic mass is 10.1. The Labute approximate surface area is 163 Å². The molecule has 2 aromatic rings. The van der Waals surface area contributed by atoms with Gasteiger partial charge < -0.3 is 10.0 Å². The highest BCUT2D eigenvalue weighted by molar-refractivity contribution is 6.30. The van der Waals surface area contributed by atoms with Crippen molar-refractivity contribution in [1.29, 1.82) is 0 Å². The second-order valence-electron chi connectivity index (χ2n) is 6.67. The van der Waals surface area contributed by atoms with Crippen molar-refractivity contribution in [2.75, 3.05) is 32.7 Å². The highest BCUT2D eigenvalue weighted by atomic mass is 35.5. The van der Waals surface area contributed by atoms with E-state index in [-0.39, 0.29) is 0 Å². The molecule has 0 heterocycles. The molecule has 0 aliphatic rings. The number of rotatable bonds is 11. The van der Waals surface area contributed by atoms with Crippen LogP contribution in [0.1, 0.15) is 37.5 Å². The lowest BCUT2D eigenvalue weighted by Crippen LogP contribution is -2.32. The van der Waals surface area contributed by atoms with Crippen LogP contribution in [0.4, 0.5) is 0 Å². The van der Waals surface area contributed by atoms with E-state index in [0.717, 1.165) is 44.7 Å². The zero-order chi connectivity index (χ0) is 18.8. The highest BCUT2D eigenvalue weighted by Gasteiger charge is 2.14. The van der Waals surface area contributed by atoms with Gasteiger partial charge in [-0.15, -0.1) is 0 Å². The zero-order valence-electron chi connectivity index (χ0n) is 15.9. The van der Waals surface area contributed by atoms with E-state index in [1.807, 2.05) is 30.3 Å². The number of hydrogen-bond donors (Lipinski definition) is 1. The van der Waals surface area contributed by atoms with E-state index in [0.29, 0.717) is 11.6 Å². The number of halogens is 1. The molecule has 0 radical (unpaired) electrons. The summed E-state index contributed by atoms with van der Waals surface area (Å²) in [5.41, 5.74) is 2.19. The monoisotopic (exact) mass is 374 g/mol. The molecular formula is C22H31ClN2O. The van der Waals surface area contributed by atoms with Crippen LogP contribution < -0.4 is 0 Å². The summed E-state index contributed by atoms with van der Waals surface area (Å²) in [5.74, 6) is 0. The molecule has 1 atom stereocenters. The molecule has 0 bridgehead atoms. The first kappa shape index (κ1) is 20.9. The summed E-state index contributed by atoms with van der Waals surface area (Å²) in [5, 5.41) is 11.4. The molecule has 3 nitrogen and oxygen atoms in total. The average Bonchev–Trinajstić information content (AvgIpc) is 2.66. The molecule has 4 heteroatoms. The normalized spacial score (nSPS) is 12.7. The molecule has 0 amide bonds. The second kappa shape index (κ2) is 11.3. The van der Waals surface area contributed by atoms with Crippen molar-refractivity contribution < 1.29 is 5.11 Å². The van der Waals surface area contributed by atoms with Crippen molar-refractivity contribution in [2.24, 2.45) is 0 Å². The number of nitrogens with zero attached hydrogens (tertiary/aromatic N) is 2. The van der Waals surface area contributed by atoms with Crippen molar-refractivity contribution in [2.45, 2.75) is 32.9 Å². The van der Waals surface area contributed by atoms with E-state index < -0.39 is 6.10 Å². The fraction of sp³-hybridized carbons (Fsp3) is 0.455. The first-order valence-corrected chi connectivity index (χ1v) is 9.92. The molecule has 0 saturated heterocycles. The molecule has 0 aliphatic heterocycles. The first-order valence-electron chi connectivity index (χ1n) is 9.54. The minimum atomic E-state index is -0.510. The molecular weight excluding hydrogens is 344 g/mol. The summed E-state index contributed by atoms with van der Waals surface area (Å²) < 4.78 is 0. The Balaban J connectivity index is 1.98. The molecule has 142 valence electrons. The van der Waals surface area contributed by atoms with Crippen molar-refractivity contribution in [3.8, 4) is 0 Å². The van der Waals surface area contributed by atoms with Crippen molar-refractivity contribution >= 4 is 11.6 Å². The Kier molecular flexibility index (Phi) is 9.13. The fourth-order valence-corrected chi connectivity index (χ4v) is 3.30. The van der Waals surface area contributed by atoms with Crippen LogP contribution in [-0.2, 0) is 6.54 Å². The van der Waals surface area contributed by atoms with Crippen LogP contribution in [0.2, 0.25) is 5.02 Å². The van der Waals surface area contributed by atoms with Gasteiger partial charge in [-0.1, -0.05) is 67.9 Å². The summed E-state index contributed by atoms with van der Waals surface area (Å²) >= 11 is 5.96. The van der Waals surface area contributed by atoms with Gasteiger partial charge in [0, 0.05) is 18.1 Å². The van der Waals surface area contributed by atoms with Crippen LogP contribution in [-0.4, -0.2) is 47.6 Å². The van der Waals surface area contributed by atoms with Crippen LogP contribution in [0, 0.1) is 0 Å². The number of aliphatic hydroxyl groups excluding tert-OH is 1. The molecule has 0 fully saturated rings. The second-order valence-corrected chi connectivity index (χ2v) is 7.10. The number of aliphatic hydroxyl groups is 1. The molecule has 2 aromatic carbocycles. The molecule has 0 aliphatic carbocycles. The van der Waals surface area contributed by atoms with Crippen LogP contribution in [0.25, 0.3) is 0 Å². The lowest BCUT2D eigenvalue weighted by Gasteiger charge is -2.27. The first-order chi connectivity index (χ1) is 12.6. The summed E-state index contributed by atoms with van der Waals surface area (Å²) in [7, 11) is 0. The molecule has 2 rings (SSSR count). The SMILES string of the molecule is CCN(CC)CCCN(Cc1ccccc1)CC(O)c1ccc(Cl)cc1. The third kappa shape index (κ3) is 7.08. The standard InChI is InChI=1S/C22H31ClN2O/c1-3-24(4-2)15-8-16-25(17-19-9-6-5-7-10-19)18-22(26)20-11-13-21(23)14-12-20/h5-7,9-14,22,26H,3-4,8,15-18H2,1-2H3. The molecule has 0 aromatic heterocycles. The van der Waals surface area contributed by atoms with Crippen molar-refractivity contribution in [3.63, 3.8) is 0 Å². The van der Waals surface area contributed by atoms with E-state index in [9.17, 15) is 5.11 Å². The Morgan fingerprint density at radius 1 is 0.885 bits per heavy atom. The Bertz CT molecular complexity index is 614. The molecule has 1 N–H and O–H groups in total. The minimum absolute atomic E-state index is 0.510. The van der Waals surface area contributed by atoms with Gasteiger partial charge in [0.2, 0.25) is 0 Å².